The van der Waals surface area contributed by atoms with Crippen molar-refractivity contribution in [2.24, 2.45) is 5.41 Å². The molecule has 3 nitrogen and oxygen atoms in total. The minimum Gasteiger partial charge on any atom is -0.339 e. The molecule has 1 aliphatic heterocycles. The Kier molecular flexibility index (Phi) is 3.72. The molecule has 2 aliphatic rings. The molecule has 1 saturated heterocycles. The van der Waals surface area contributed by atoms with E-state index in [0.29, 0.717) is 11.0 Å². The van der Waals surface area contributed by atoms with Crippen molar-refractivity contribution in [3.05, 3.63) is 29.8 Å². The van der Waals surface area contributed by atoms with Crippen LogP contribution in [0.25, 0.3) is 0 Å². The van der Waals surface area contributed by atoms with Crippen molar-refractivity contribution < 1.29 is 9.18 Å². The van der Waals surface area contributed by atoms with Crippen LogP contribution >= 0.6 is 0 Å². The normalized spacial score (nSPS) is 21.9. The number of aromatic nitrogens is 1. The fraction of sp³-hybridized carbons (Fsp3) is 0.625. The molecule has 108 valence electrons. The van der Waals surface area contributed by atoms with Crippen LogP contribution in [0.15, 0.2) is 18.5 Å². The summed E-state index contributed by atoms with van der Waals surface area (Å²) >= 11 is 0. The van der Waals surface area contributed by atoms with Crippen LogP contribution in [0.4, 0.5) is 4.39 Å². The summed E-state index contributed by atoms with van der Waals surface area (Å²) in [5.74, 6) is -0.528. The van der Waals surface area contributed by atoms with E-state index in [1.165, 1.54) is 44.4 Å². The minimum atomic E-state index is -0.448. The predicted molar refractivity (Wildman–Crippen MR) is 74.9 cm³/mol. The van der Waals surface area contributed by atoms with E-state index in [-0.39, 0.29) is 5.91 Å². The Morgan fingerprint density at radius 2 is 1.80 bits per heavy atom. The molecule has 0 unspecified atom stereocenters. The molecule has 0 N–H and O–H groups in total. The molecule has 1 aliphatic carbocycles. The molecule has 1 aromatic heterocycles. The Labute approximate surface area is 119 Å². The first-order chi connectivity index (χ1) is 9.69. The van der Waals surface area contributed by atoms with Crippen molar-refractivity contribution in [1.82, 2.24) is 9.88 Å². The molecule has 0 aromatic carbocycles. The van der Waals surface area contributed by atoms with Gasteiger partial charge in [-0.25, -0.2) is 4.39 Å². The Bertz CT molecular complexity index is 487. The summed E-state index contributed by atoms with van der Waals surface area (Å²) in [6, 6.07) is 1.28. The zero-order valence-electron chi connectivity index (χ0n) is 11.8. The molecule has 2 heterocycles. The van der Waals surface area contributed by atoms with Crippen molar-refractivity contribution >= 4 is 5.91 Å². The molecule has 0 radical (unpaired) electrons. The van der Waals surface area contributed by atoms with Gasteiger partial charge in [0.25, 0.3) is 5.91 Å². The third-order valence-electron chi connectivity index (χ3n) is 4.98. The molecule has 0 atom stereocenters. The Morgan fingerprint density at radius 3 is 2.45 bits per heavy atom. The van der Waals surface area contributed by atoms with E-state index >= 15 is 0 Å². The lowest BCUT2D eigenvalue weighted by atomic mass is 9.68. The van der Waals surface area contributed by atoms with Crippen LogP contribution in [0.5, 0.6) is 0 Å². The highest BCUT2D eigenvalue weighted by Crippen LogP contribution is 2.44. The van der Waals surface area contributed by atoms with Gasteiger partial charge in [-0.3, -0.25) is 9.78 Å². The van der Waals surface area contributed by atoms with Gasteiger partial charge < -0.3 is 4.90 Å². The number of likely N-dealkylation sites (tertiary alicyclic amines) is 1. The second-order valence-corrected chi connectivity index (χ2v) is 6.24. The first kappa shape index (κ1) is 13.5. The van der Waals surface area contributed by atoms with Crippen LogP contribution in [-0.4, -0.2) is 28.9 Å². The van der Waals surface area contributed by atoms with Crippen molar-refractivity contribution in [1.29, 1.82) is 0 Å². The van der Waals surface area contributed by atoms with Gasteiger partial charge in [-0.2, -0.15) is 0 Å². The average molecular weight is 276 g/mol. The van der Waals surface area contributed by atoms with Gasteiger partial charge in [0, 0.05) is 19.3 Å². The number of halogens is 1. The number of piperidine rings is 1. The third-order valence-corrected chi connectivity index (χ3v) is 4.98. The topological polar surface area (TPSA) is 33.2 Å². The van der Waals surface area contributed by atoms with Gasteiger partial charge in [0.15, 0.2) is 0 Å². The van der Waals surface area contributed by atoms with E-state index in [1.807, 2.05) is 4.90 Å². The van der Waals surface area contributed by atoms with Crippen molar-refractivity contribution in [2.45, 2.75) is 44.9 Å². The molecule has 1 spiro atoms. The summed E-state index contributed by atoms with van der Waals surface area (Å²) in [4.78, 5) is 18.0. The maximum absolute atomic E-state index is 13.1. The molecular formula is C16H21FN2O. The summed E-state index contributed by atoms with van der Waals surface area (Å²) in [5, 5.41) is 0. The van der Waals surface area contributed by atoms with Crippen LogP contribution in [0.1, 0.15) is 55.3 Å². The third kappa shape index (κ3) is 2.69. The molecule has 1 aromatic rings. The van der Waals surface area contributed by atoms with Crippen molar-refractivity contribution in [3.63, 3.8) is 0 Å². The quantitative estimate of drug-likeness (QED) is 0.787. The monoisotopic (exact) mass is 276 g/mol. The van der Waals surface area contributed by atoms with E-state index in [4.69, 9.17) is 0 Å². The molecule has 2 fully saturated rings. The highest BCUT2D eigenvalue weighted by atomic mass is 19.1. The average Bonchev–Trinajstić information content (AvgIpc) is 2.48. The van der Waals surface area contributed by atoms with Gasteiger partial charge in [-0.05, 0) is 37.2 Å². The zero-order chi connectivity index (χ0) is 14.0. The number of rotatable bonds is 1. The molecule has 3 rings (SSSR count). The van der Waals surface area contributed by atoms with Crippen LogP contribution in [0.3, 0.4) is 0 Å². The van der Waals surface area contributed by atoms with E-state index in [1.54, 1.807) is 0 Å². The van der Waals surface area contributed by atoms with E-state index in [9.17, 15) is 9.18 Å². The number of hydrogen-bond acceptors (Lipinski definition) is 2. The zero-order valence-corrected chi connectivity index (χ0v) is 11.8. The second kappa shape index (κ2) is 5.51. The minimum absolute atomic E-state index is 0.0809. The van der Waals surface area contributed by atoms with Crippen LogP contribution in [0, 0.1) is 11.2 Å². The summed E-state index contributed by atoms with van der Waals surface area (Å²) in [5.41, 5.74) is 0.847. The van der Waals surface area contributed by atoms with E-state index in [0.717, 1.165) is 32.1 Å². The Hall–Kier alpha value is -1.45. The SMILES string of the molecule is O=C(c1cncc(F)c1)N1CCC2(CCCCC2)CC1. The smallest absolute Gasteiger partial charge is 0.255 e. The van der Waals surface area contributed by atoms with Gasteiger partial charge in [0.05, 0.1) is 11.8 Å². The predicted octanol–water partition coefficient (Wildman–Crippen LogP) is 3.41. The lowest BCUT2D eigenvalue weighted by Gasteiger charge is -2.44. The summed E-state index contributed by atoms with van der Waals surface area (Å²) < 4.78 is 13.1. The Morgan fingerprint density at radius 1 is 1.10 bits per heavy atom. The molecule has 20 heavy (non-hydrogen) atoms. The highest BCUT2D eigenvalue weighted by molar-refractivity contribution is 5.93. The number of hydrogen-bond donors (Lipinski definition) is 0. The fourth-order valence-electron chi connectivity index (χ4n) is 3.70. The summed E-state index contributed by atoms with van der Waals surface area (Å²) in [6.45, 7) is 1.60. The lowest BCUT2D eigenvalue weighted by Crippen LogP contribution is -2.43. The van der Waals surface area contributed by atoms with Crippen molar-refractivity contribution in [2.75, 3.05) is 13.1 Å². The van der Waals surface area contributed by atoms with Crippen LogP contribution in [-0.2, 0) is 0 Å². The van der Waals surface area contributed by atoms with Crippen LogP contribution in [0.2, 0.25) is 0 Å². The molecule has 4 heteroatoms. The van der Waals surface area contributed by atoms with Crippen LogP contribution < -0.4 is 0 Å². The van der Waals surface area contributed by atoms with Gasteiger partial charge in [-0.1, -0.05) is 19.3 Å². The van der Waals surface area contributed by atoms with E-state index in [2.05, 4.69) is 4.98 Å². The number of carbonyl (C=O) groups excluding carboxylic acids is 1. The Balaban J connectivity index is 1.64. The summed E-state index contributed by atoms with van der Waals surface area (Å²) in [6.07, 6.45) is 11.4. The first-order valence-electron chi connectivity index (χ1n) is 7.58. The van der Waals surface area contributed by atoms with Gasteiger partial charge in [0.1, 0.15) is 5.82 Å². The van der Waals surface area contributed by atoms with Gasteiger partial charge in [0.2, 0.25) is 0 Å². The van der Waals surface area contributed by atoms with E-state index < -0.39 is 5.82 Å². The largest absolute Gasteiger partial charge is 0.339 e. The maximum atomic E-state index is 13.1. The van der Waals surface area contributed by atoms with Gasteiger partial charge >= 0.3 is 0 Å². The molecule has 0 bridgehead atoms. The van der Waals surface area contributed by atoms with Gasteiger partial charge in [-0.15, -0.1) is 0 Å². The summed E-state index contributed by atoms with van der Waals surface area (Å²) in [7, 11) is 0. The number of pyridine rings is 1. The number of carbonyl (C=O) groups is 1. The van der Waals surface area contributed by atoms with Crippen molar-refractivity contribution in [3.8, 4) is 0 Å². The molecule has 1 saturated carbocycles. The molecular weight excluding hydrogens is 255 g/mol. The lowest BCUT2D eigenvalue weighted by molar-refractivity contribution is 0.0471. The first-order valence-corrected chi connectivity index (χ1v) is 7.58. The fourth-order valence-corrected chi connectivity index (χ4v) is 3.70. The highest BCUT2D eigenvalue weighted by Gasteiger charge is 2.36. The number of nitrogens with zero attached hydrogens (tertiary/aromatic N) is 2. The standard InChI is InChI=1S/C16H21FN2O/c17-14-10-13(11-18-12-14)15(20)19-8-6-16(7-9-19)4-2-1-3-5-16/h10-12H,1-9H2. The molecule has 1 amide bonds. The second-order valence-electron chi connectivity index (χ2n) is 6.24. The maximum Gasteiger partial charge on any atom is 0.255 e. The number of amides is 1.